The predicted molar refractivity (Wildman–Crippen MR) is 136 cm³/mol. The number of aliphatic hydroxyl groups is 1. The molecule has 4 N–H and O–H groups in total. The van der Waals surface area contributed by atoms with Crippen molar-refractivity contribution >= 4 is 38.3 Å². The zero-order valence-electron chi connectivity index (χ0n) is 19.7. The molecule has 0 amide bonds. The van der Waals surface area contributed by atoms with Gasteiger partial charge in [0.2, 0.25) is 0 Å². The maximum absolute atomic E-state index is 12.5. The van der Waals surface area contributed by atoms with Crippen LogP contribution in [0.3, 0.4) is 0 Å². The van der Waals surface area contributed by atoms with Gasteiger partial charge in [-0.2, -0.15) is 17.4 Å². The number of nitrogens with zero attached hydrogens (tertiary/aromatic N) is 4. The summed E-state index contributed by atoms with van der Waals surface area (Å²) in [5.74, 6) is 0.654. The number of aliphatic hydroxyl groups excluding tert-OH is 1. The van der Waals surface area contributed by atoms with Crippen molar-refractivity contribution < 1.29 is 13.5 Å². The summed E-state index contributed by atoms with van der Waals surface area (Å²) >= 11 is 1.76. The van der Waals surface area contributed by atoms with Gasteiger partial charge in [0.15, 0.2) is 0 Å². The van der Waals surface area contributed by atoms with Gasteiger partial charge in [-0.05, 0) is 37.8 Å². The number of pyridine rings is 1. The first-order valence-electron chi connectivity index (χ1n) is 12.2. The number of likely N-dealkylation sites (N-methyl/N-ethyl adjacent to an activating group) is 1. The van der Waals surface area contributed by atoms with Crippen LogP contribution in [-0.4, -0.2) is 83.6 Å². The molecule has 35 heavy (non-hydrogen) atoms. The molecule has 5 heterocycles. The van der Waals surface area contributed by atoms with Gasteiger partial charge in [0, 0.05) is 67.8 Å². The van der Waals surface area contributed by atoms with Crippen molar-refractivity contribution in [1.29, 1.82) is 0 Å². The topological polar surface area (TPSA) is 126 Å². The summed E-state index contributed by atoms with van der Waals surface area (Å²) in [5, 5.41) is 14.9. The molecule has 3 aromatic rings. The highest BCUT2D eigenvalue weighted by Crippen LogP contribution is 2.43. The lowest BCUT2D eigenvalue weighted by atomic mass is 10.0. The van der Waals surface area contributed by atoms with E-state index in [-0.39, 0.29) is 19.2 Å². The van der Waals surface area contributed by atoms with Crippen LogP contribution in [0, 0.1) is 11.8 Å². The number of hydrogen-bond acceptors (Lipinski definition) is 8. The van der Waals surface area contributed by atoms with Crippen molar-refractivity contribution in [3.63, 3.8) is 0 Å². The minimum absolute atomic E-state index is 0.0479. The Bertz CT molecular complexity index is 1320. The quantitative estimate of drug-likeness (QED) is 0.375. The first-order chi connectivity index (χ1) is 16.9. The van der Waals surface area contributed by atoms with Crippen LogP contribution < -0.4 is 10.0 Å². The van der Waals surface area contributed by atoms with Crippen LogP contribution in [0.25, 0.3) is 21.6 Å². The van der Waals surface area contributed by atoms with Crippen LogP contribution >= 0.6 is 11.3 Å². The second-order valence-corrected chi connectivity index (χ2v) is 12.8. The van der Waals surface area contributed by atoms with Crippen molar-refractivity contribution in [2.45, 2.75) is 31.8 Å². The van der Waals surface area contributed by atoms with E-state index < -0.39 is 10.2 Å². The molecule has 188 valence electrons. The van der Waals surface area contributed by atoms with E-state index in [1.165, 1.54) is 14.9 Å². The summed E-state index contributed by atoms with van der Waals surface area (Å²) in [5.41, 5.74) is 4.15. The van der Waals surface area contributed by atoms with Gasteiger partial charge in [-0.3, -0.25) is 0 Å². The number of H-pyrrole nitrogens is 1. The highest BCUT2D eigenvalue weighted by Gasteiger charge is 2.44. The minimum Gasteiger partial charge on any atom is -0.395 e. The molecule has 12 heteroatoms. The Morgan fingerprint density at radius 1 is 1.29 bits per heavy atom. The summed E-state index contributed by atoms with van der Waals surface area (Å²) in [7, 11) is -1.38. The SMILES string of the molecule is CN1CCc2nc(-c3cnc4[nH]ccc4c3NC3C[C@@H]4CN(S(=O)(=O)NCCO)C[C@@H]4C3)sc2C1. The zero-order valence-corrected chi connectivity index (χ0v) is 21.3. The Balaban J connectivity index is 1.23. The molecule has 0 spiro atoms. The van der Waals surface area contributed by atoms with Crippen molar-refractivity contribution in [1.82, 2.24) is 28.9 Å². The standard InChI is InChI=1S/C23H31N7O3S2/c1-29-6-3-19-20(13-29)34-23(28-19)18-10-25-22-17(2-4-24-22)21(18)27-16-8-14-11-30(12-15(14)9-16)35(32,33)26-5-7-31/h2,4,10,14-16,26,31H,3,5-9,11-13H2,1H3,(H2,24,25,27)/t14-,15+,16?. The monoisotopic (exact) mass is 517 g/mol. The molecule has 3 atom stereocenters. The first-order valence-corrected chi connectivity index (χ1v) is 14.4. The van der Waals surface area contributed by atoms with Crippen molar-refractivity contribution in [3.8, 4) is 10.6 Å². The largest absolute Gasteiger partial charge is 0.395 e. The highest BCUT2D eigenvalue weighted by molar-refractivity contribution is 7.87. The molecule has 6 rings (SSSR count). The lowest BCUT2D eigenvalue weighted by molar-refractivity contribution is 0.299. The number of aromatic amines is 1. The summed E-state index contributed by atoms with van der Waals surface area (Å²) < 4.78 is 29.0. The predicted octanol–water partition coefficient (Wildman–Crippen LogP) is 1.62. The minimum atomic E-state index is -3.53. The van der Waals surface area contributed by atoms with E-state index in [2.05, 4.69) is 38.0 Å². The third-order valence-corrected chi connectivity index (χ3v) is 10.2. The Morgan fingerprint density at radius 3 is 2.86 bits per heavy atom. The number of fused-ring (bicyclic) bond motifs is 3. The number of anilines is 1. The van der Waals surface area contributed by atoms with Gasteiger partial charge < -0.3 is 20.3 Å². The average Bonchev–Trinajstić information content (AvgIpc) is 3.59. The van der Waals surface area contributed by atoms with Crippen LogP contribution in [0.4, 0.5) is 5.69 Å². The molecule has 0 bridgehead atoms. The van der Waals surface area contributed by atoms with E-state index in [0.29, 0.717) is 24.9 Å². The van der Waals surface area contributed by atoms with Crippen molar-refractivity contribution in [2.75, 3.05) is 45.2 Å². The van der Waals surface area contributed by atoms with Crippen molar-refractivity contribution in [2.24, 2.45) is 11.8 Å². The number of hydrogen-bond donors (Lipinski definition) is 4. The third-order valence-electron chi connectivity index (χ3n) is 7.54. The number of rotatable bonds is 7. The van der Waals surface area contributed by atoms with Crippen LogP contribution in [0.5, 0.6) is 0 Å². The zero-order chi connectivity index (χ0) is 24.2. The van der Waals surface area contributed by atoms with Gasteiger partial charge in [-0.15, -0.1) is 11.3 Å². The molecule has 10 nitrogen and oxygen atoms in total. The molecule has 2 aliphatic heterocycles. The second kappa shape index (κ2) is 9.09. The van der Waals surface area contributed by atoms with Crippen molar-refractivity contribution in [3.05, 3.63) is 29.0 Å². The van der Waals surface area contributed by atoms with Crippen LogP contribution in [0.2, 0.25) is 0 Å². The third kappa shape index (κ3) is 4.36. The molecular formula is C23H31N7O3S2. The van der Waals surface area contributed by atoms with Crippen LogP contribution in [0.15, 0.2) is 18.5 Å². The van der Waals surface area contributed by atoms with Gasteiger partial charge in [0.25, 0.3) is 10.2 Å². The number of nitrogens with one attached hydrogen (secondary N) is 3. The normalized spacial score (nSPS) is 25.3. The van der Waals surface area contributed by atoms with E-state index in [0.717, 1.165) is 59.6 Å². The first kappa shape index (κ1) is 23.3. The summed E-state index contributed by atoms with van der Waals surface area (Å²) in [4.78, 5) is 16.5. The van der Waals surface area contributed by atoms with E-state index in [1.807, 2.05) is 12.4 Å². The molecule has 1 saturated carbocycles. The molecule has 0 radical (unpaired) electrons. The Kier molecular flexibility index (Phi) is 6.06. The van der Waals surface area contributed by atoms with Gasteiger partial charge in [-0.1, -0.05) is 0 Å². The van der Waals surface area contributed by atoms with E-state index in [1.54, 1.807) is 11.3 Å². The second-order valence-electron chi connectivity index (χ2n) is 9.94. The van der Waals surface area contributed by atoms with Gasteiger partial charge >= 0.3 is 0 Å². The fraction of sp³-hybridized carbons (Fsp3) is 0.565. The van der Waals surface area contributed by atoms with E-state index in [4.69, 9.17) is 10.1 Å². The fourth-order valence-corrected chi connectivity index (χ4v) is 8.32. The summed E-state index contributed by atoms with van der Waals surface area (Å²) in [6.07, 6.45) is 6.66. The fourth-order valence-electron chi connectivity index (χ4n) is 5.80. The van der Waals surface area contributed by atoms with Gasteiger partial charge in [0.05, 0.1) is 23.6 Å². The number of thiazole rings is 1. The molecular weight excluding hydrogens is 486 g/mol. The molecule has 0 aromatic carbocycles. The maximum Gasteiger partial charge on any atom is 0.279 e. The average molecular weight is 518 g/mol. The molecule has 1 saturated heterocycles. The lowest BCUT2D eigenvalue weighted by Crippen LogP contribution is -2.41. The molecule has 3 aliphatic rings. The Hall–Kier alpha value is -2.09. The van der Waals surface area contributed by atoms with E-state index >= 15 is 0 Å². The lowest BCUT2D eigenvalue weighted by Gasteiger charge is -2.21. The van der Waals surface area contributed by atoms with Gasteiger partial charge in [-0.25, -0.2) is 9.97 Å². The summed E-state index contributed by atoms with van der Waals surface area (Å²) in [6.45, 7) is 2.87. The molecule has 3 aromatic heterocycles. The van der Waals surface area contributed by atoms with Crippen LogP contribution in [0.1, 0.15) is 23.4 Å². The smallest absolute Gasteiger partial charge is 0.279 e. The summed E-state index contributed by atoms with van der Waals surface area (Å²) in [6, 6.07) is 2.33. The highest BCUT2D eigenvalue weighted by atomic mass is 32.2. The van der Waals surface area contributed by atoms with E-state index in [9.17, 15) is 8.42 Å². The maximum atomic E-state index is 12.5. The molecule has 1 unspecified atom stereocenters. The Morgan fingerprint density at radius 2 is 2.09 bits per heavy atom. The van der Waals surface area contributed by atoms with Gasteiger partial charge in [0.1, 0.15) is 10.7 Å². The number of aromatic nitrogens is 3. The Labute approximate surface area is 208 Å². The van der Waals surface area contributed by atoms with Crippen LogP contribution in [-0.2, 0) is 23.2 Å². The molecule has 1 aliphatic carbocycles. The molecule has 2 fully saturated rings.